The summed E-state index contributed by atoms with van der Waals surface area (Å²) in [5, 5.41) is 9.21. The topological polar surface area (TPSA) is 40.5 Å². The third-order valence-electron chi connectivity index (χ3n) is 2.30. The second-order valence-electron chi connectivity index (χ2n) is 4.96. The minimum atomic E-state index is -0.0533. The van der Waals surface area contributed by atoms with E-state index in [1.165, 1.54) is 0 Å². The van der Waals surface area contributed by atoms with Crippen LogP contribution in [0.5, 0.6) is 0 Å². The van der Waals surface area contributed by atoms with E-state index in [2.05, 4.69) is 20.8 Å². The Morgan fingerprint density at radius 2 is 1.93 bits per heavy atom. The van der Waals surface area contributed by atoms with Gasteiger partial charge < -0.3 is 10.0 Å². The molecule has 0 fully saturated rings. The van der Waals surface area contributed by atoms with Crippen LogP contribution in [0, 0.1) is 5.41 Å². The number of carbonyl (C=O) groups is 1. The molecule has 1 N–H and O–H groups in total. The number of hydrogen-bond acceptors (Lipinski definition) is 2. The molecule has 0 heterocycles. The lowest BCUT2D eigenvalue weighted by Gasteiger charge is -2.31. The number of carbonyl (C=O) groups excluding carboxylic acids is 1. The molecule has 1 amide bonds. The first-order valence-corrected chi connectivity index (χ1v) is 5.18. The molecule has 0 bridgehead atoms. The third-order valence-corrected chi connectivity index (χ3v) is 2.30. The van der Waals surface area contributed by atoms with E-state index in [4.69, 9.17) is 0 Å². The number of amides is 1. The van der Waals surface area contributed by atoms with Gasteiger partial charge in [0.1, 0.15) is 0 Å². The van der Waals surface area contributed by atoms with Gasteiger partial charge in [0.2, 0.25) is 5.91 Å². The fourth-order valence-corrected chi connectivity index (χ4v) is 1.48. The molecule has 0 aromatic carbocycles. The van der Waals surface area contributed by atoms with Gasteiger partial charge in [-0.3, -0.25) is 4.79 Å². The van der Waals surface area contributed by atoms with Crippen molar-refractivity contribution < 1.29 is 9.90 Å². The summed E-state index contributed by atoms with van der Waals surface area (Å²) in [5.41, 5.74) is 0.135. The van der Waals surface area contributed by atoms with Crippen molar-refractivity contribution in [1.82, 2.24) is 4.90 Å². The Morgan fingerprint density at radius 1 is 1.43 bits per heavy atom. The van der Waals surface area contributed by atoms with Gasteiger partial charge in [-0.2, -0.15) is 0 Å². The number of aliphatic hydroxyl groups is 1. The Balaban J connectivity index is 4.33. The Labute approximate surface area is 87.1 Å². The second kappa shape index (κ2) is 5.35. The van der Waals surface area contributed by atoms with Crippen LogP contribution in [0.15, 0.2) is 0 Å². The number of likely N-dealkylation sites (N-methyl/N-ethyl adjacent to an activating group) is 1. The molecule has 0 saturated carbocycles. The van der Waals surface area contributed by atoms with Crippen LogP contribution < -0.4 is 0 Å². The lowest BCUT2D eigenvalue weighted by Crippen LogP contribution is -2.41. The van der Waals surface area contributed by atoms with Gasteiger partial charge in [-0.25, -0.2) is 0 Å². The highest BCUT2D eigenvalue weighted by atomic mass is 16.3. The second-order valence-corrected chi connectivity index (χ2v) is 4.96. The minimum absolute atomic E-state index is 0.0412. The average molecular weight is 201 g/mol. The van der Waals surface area contributed by atoms with Gasteiger partial charge in [0.05, 0.1) is 12.6 Å². The van der Waals surface area contributed by atoms with Crippen LogP contribution in [-0.4, -0.2) is 35.6 Å². The maximum atomic E-state index is 11.4. The van der Waals surface area contributed by atoms with E-state index >= 15 is 0 Å². The van der Waals surface area contributed by atoms with Gasteiger partial charge in [-0.05, 0) is 11.8 Å². The largest absolute Gasteiger partial charge is 0.394 e. The molecule has 3 nitrogen and oxygen atoms in total. The van der Waals surface area contributed by atoms with Crippen molar-refractivity contribution in [3.05, 3.63) is 0 Å². The molecule has 0 aliphatic carbocycles. The zero-order chi connectivity index (χ0) is 11.4. The van der Waals surface area contributed by atoms with Crippen LogP contribution in [0.3, 0.4) is 0 Å². The first-order valence-electron chi connectivity index (χ1n) is 5.18. The average Bonchev–Trinajstić information content (AvgIpc) is 2.10. The Morgan fingerprint density at radius 3 is 2.21 bits per heavy atom. The summed E-state index contributed by atoms with van der Waals surface area (Å²) < 4.78 is 0. The number of hydrogen-bond donors (Lipinski definition) is 1. The lowest BCUT2D eigenvalue weighted by molar-refractivity contribution is -0.133. The number of aliphatic hydroxyl groups excluding tert-OH is 1. The summed E-state index contributed by atoms with van der Waals surface area (Å²) in [4.78, 5) is 13.1. The lowest BCUT2D eigenvalue weighted by atomic mass is 9.88. The molecular weight excluding hydrogens is 178 g/mol. The highest BCUT2D eigenvalue weighted by Gasteiger charge is 2.23. The fraction of sp³-hybridized carbons (Fsp3) is 0.909. The molecule has 0 saturated heterocycles. The molecule has 0 aromatic heterocycles. The highest BCUT2D eigenvalue weighted by Crippen LogP contribution is 2.23. The van der Waals surface area contributed by atoms with E-state index in [0.29, 0.717) is 6.42 Å². The van der Waals surface area contributed by atoms with Crippen molar-refractivity contribution in [2.75, 3.05) is 13.7 Å². The van der Waals surface area contributed by atoms with Crippen molar-refractivity contribution in [3.63, 3.8) is 0 Å². The molecule has 0 aromatic rings. The van der Waals surface area contributed by atoms with E-state index in [0.717, 1.165) is 6.42 Å². The molecule has 0 aliphatic rings. The van der Waals surface area contributed by atoms with Crippen LogP contribution in [0.4, 0.5) is 0 Å². The van der Waals surface area contributed by atoms with E-state index in [9.17, 15) is 9.90 Å². The zero-order valence-corrected chi connectivity index (χ0v) is 10.0. The molecular formula is C11H23NO2. The van der Waals surface area contributed by atoms with Crippen LogP contribution in [-0.2, 0) is 4.79 Å². The molecule has 0 rings (SSSR count). The molecule has 0 radical (unpaired) electrons. The predicted octanol–water partition coefficient (Wildman–Crippen LogP) is 1.65. The molecule has 84 valence electrons. The van der Waals surface area contributed by atoms with Crippen molar-refractivity contribution >= 4 is 5.91 Å². The van der Waals surface area contributed by atoms with E-state index in [1.807, 2.05) is 6.92 Å². The SMILES string of the molecule is CCC(=O)N(C)[C@@H](CO)CC(C)(C)C. The van der Waals surface area contributed by atoms with Gasteiger partial charge in [0, 0.05) is 13.5 Å². The first-order chi connectivity index (χ1) is 6.31. The predicted molar refractivity (Wildman–Crippen MR) is 58.0 cm³/mol. The van der Waals surface area contributed by atoms with Crippen LogP contribution in [0.1, 0.15) is 40.5 Å². The number of nitrogens with zero attached hydrogens (tertiary/aromatic N) is 1. The maximum Gasteiger partial charge on any atom is 0.222 e. The van der Waals surface area contributed by atoms with E-state index in [1.54, 1.807) is 11.9 Å². The maximum absolute atomic E-state index is 11.4. The molecule has 3 heteroatoms. The fourth-order valence-electron chi connectivity index (χ4n) is 1.48. The van der Waals surface area contributed by atoms with Crippen molar-refractivity contribution in [2.24, 2.45) is 5.41 Å². The highest BCUT2D eigenvalue weighted by molar-refractivity contribution is 5.75. The minimum Gasteiger partial charge on any atom is -0.394 e. The van der Waals surface area contributed by atoms with Crippen LogP contribution in [0.25, 0.3) is 0 Å². The van der Waals surface area contributed by atoms with Crippen molar-refractivity contribution in [3.8, 4) is 0 Å². The standard InChI is InChI=1S/C11H23NO2/c1-6-10(14)12(5)9(8-13)7-11(2,3)4/h9,13H,6-8H2,1-5H3/t9-/m1/s1. The third kappa shape index (κ3) is 4.61. The van der Waals surface area contributed by atoms with E-state index in [-0.39, 0.29) is 24.0 Å². The summed E-state index contributed by atoms with van der Waals surface area (Å²) in [6.45, 7) is 8.21. The Bertz CT molecular complexity index is 184. The monoisotopic (exact) mass is 201 g/mol. The van der Waals surface area contributed by atoms with Gasteiger partial charge >= 0.3 is 0 Å². The van der Waals surface area contributed by atoms with Gasteiger partial charge in [0.15, 0.2) is 0 Å². The summed E-state index contributed by atoms with van der Waals surface area (Å²) >= 11 is 0. The van der Waals surface area contributed by atoms with Gasteiger partial charge in [-0.1, -0.05) is 27.7 Å². The Kier molecular flexibility index (Phi) is 5.13. The summed E-state index contributed by atoms with van der Waals surface area (Å²) in [5.74, 6) is 0.0910. The van der Waals surface area contributed by atoms with Crippen molar-refractivity contribution in [2.45, 2.75) is 46.6 Å². The van der Waals surface area contributed by atoms with Gasteiger partial charge in [0.25, 0.3) is 0 Å². The summed E-state index contributed by atoms with van der Waals surface area (Å²) in [6.07, 6.45) is 1.32. The zero-order valence-electron chi connectivity index (χ0n) is 10.0. The van der Waals surface area contributed by atoms with E-state index < -0.39 is 0 Å². The first kappa shape index (κ1) is 13.4. The van der Waals surface area contributed by atoms with Gasteiger partial charge in [-0.15, -0.1) is 0 Å². The molecule has 0 aliphatic heterocycles. The summed E-state index contributed by atoms with van der Waals surface area (Å²) in [6, 6.07) is -0.0533. The molecule has 1 atom stereocenters. The van der Waals surface area contributed by atoms with Crippen LogP contribution in [0.2, 0.25) is 0 Å². The van der Waals surface area contributed by atoms with Crippen LogP contribution >= 0.6 is 0 Å². The number of rotatable bonds is 4. The Hall–Kier alpha value is -0.570. The van der Waals surface area contributed by atoms with Crippen molar-refractivity contribution in [1.29, 1.82) is 0 Å². The smallest absolute Gasteiger partial charge is 0.222 e. The summed E-state index contributed by atoms with van der Waals surface area (Å²) in [7, 11) is 1.76. The molecule has 0 unspecified atom stereocenters. The molecule has 14 heavy (non-hydrogen) atoms. The molecule has 0 spiro atoms. The quantitative estimate of drug-likeness (QED) is 0.751. The normalized spacial score (nSPS) is 13.9.